The Morgan fingerprint density at radius 1 is 1.19 bits per heavy atom. The fourth-order valence-corrected chi connectivity index (χ4v) is 2.68. The number of nitrogens with zero attached hydrogens (tertiary/aromatic N) is 2. The second kappa shape index (κ2) is 7.34. The number of carbonyl (C=O) groups is 1. The number of amides is 1. The number of rotatable bonds is 5. The number of hydrogen-bond acceptors (Lipinski definition) is 5. The van der Waals surface area contributed by atoms with Crippen molar-refractivity contribution in [2.45, 2.75) is 12.3 Å². The van der Waals surface area contributed by atoms with Gasteiger partial charge < -0.3 is 19.1 Å². The Bertz CT molecular complexity index is 836. The Kier molecular flexibility index (Phi) is 5.11. The third kappa shape index (κ3) is 3.91. The number of alkyl halides is 3. The van der Waals surface area contributed by atoms with Gasteiger partial charge in [0.15, 0.2) is 0 Å². The molecule has 144 valence electrons. The number of methoxy groups -OCH3 is 2. The van der Waals surface area contributed by atoms with Gasteiger partial charge in [-0.05, 0) is 24.3 Å². The predicted molar refractivity (Wildman–Crippen MR) is 89.1 cm³/mol. The van der Waals surface area contributed by atoms with Gasteiger partial charge in [0.05, 0.1) is 32.9 Å². The van der Waals surface area contributed by atoms with Gasteiger partial charge in [-0.15, -0.1) is 0 Å². The van der Waals surface area contributed by atoms with Crippen molar-refractivity contribution < 1.29 is 32.2 Å². The SMILES string of the molecule is COc1ccc(C(=O)N2CC(Oc3ncccc3C(F)(F)F)C2)c(OC)c1. The quantitative estimate of drug-likeness (QED) is 0.796. The van der Waals surface area contributed by atoms with Crippen molar-refractivity contribution in [1.29, 1.82) is 0 Å². The van der Waals surface area contributed by atoms with E-state index in [1.165, 1.54) is 31.4 Å². The summed E-state index contributed by atoms with van der Waals surface area (Å²) in [7, 11) is 2.94. The molecule has 1 aromatic carbocycles. The van der Waals surface area contributed by atoms with Crippen LogP contribution in [-0.2, 0) is 6.18 Å². The van der Waals surface area contributed by atoms with Crippen LogP contribution in [0.25, 0.3) is 0 Å². The summed E-state index contributed by atoms with van der Waals surface area (Å²) in [5.74, 6) is 0.117. The lowest BCUT2D eigenvalue weighted by Crippen LogP contribution is -2.56. The van der Waals surface area contributed by atoms with E-state index in [0.29, 0.717) is 17.1 Å². The number of pyridine rings is 1. The smallest absolute Gasteiger partial charge is 0.421 e. The molecule has 0 bridgehead atoms. The highest BCUT2D eigenvalue weighted by atomic mass is 19.4. The molecule has 0 aliphatic carbocycles. The summed E-state index contributed by atoms with van der Waals surface area (Å²) >= 11 is 0. The molecule has 0 N–H and O–H groups in total. The van der Waals surface area contributed by atoms with Gasteiger partial charge in [0.1, 0.15) is 23.2 Å². The van der Waals surface area contributed by atoms with E-state index in [1.807, 2.05) is 0 Å². The van der Waals surface area contributed by atoms with Crippen LogP contribution < -0.4 is 14.2 Å². The minimum atomic E-state index is -4.56. The third-order valence-electron chi connectivity index (χ3n) is 4.13. The number of carbonyl (C=O) groups excluding carboxylic acids is 1. The number of likely N-dealkylation sites (tertiary alicyclic amines) is 1. The molecule has 1 amide bonds. The Morgan fingerprint density at radius 2 is 1.93 bits per heavy atom. The molecule has 0 radical (unpaired) electrons. The molecule has 9 heteroatoms. The maximum Gasteiger partial charge on any atom is 0.421 e. The highest BCUT2D eigenvalue weighted by Crippen LogP contribution is 2.35. The number of halogens is 3. The number of hydrogen-bond donors (Lipinski definition) is 0. The van der Waals surface area contributed by atoms with Gasteiger partial charge in [0.25, 0.3) is 5.91 Å². The van der Waals surface area contributed by atoms with Gasteiger partial charge in [0, 0.05) is 12.3 Å². The maximum atomic E-state index is 13.0. The summed E-state index contributed by atoms with van der Waals surface area (Å²) in [5.41, 5.74) is -0.600. The molecule has 2 aromatic rings. The standard InChI is InChI=1S/C18H17F3N2O4/c1-25-11-5-6-13(15(8-11)26-2)17(24)23-9-12(10-23)27-16-14(18(19,20)21)4-3-7-22-16/h3-8,12H,9-10H2,1-2H3. The highest BCUT2D eigenvalue weighted by molar-refractivity contribution is 5.97. The first kappa shape index (κ1) is 18.8. The Balaban J connectivity index is 1.66. The zero-order valence-corrected chi connectivity index (χ0v) is 14.6. The lowest BCUT2D eigenvalue weighted by molar-refractivity contribution is -0.140. The fourth-order valence-electron chi connectivity index (χ4n) is 2.68. The monoisotopic (exact) mass is 382 g/mol. The molecule has 0 unspecified atom stereocenters. The zero-order chi connectivity index (χ0) is 19.6. The van der Waals surface area contributed by atoms with E-state index >= 15 is 0 Å². The molecule has 0 spiro atoms. The van der Waals surface area contributed by atoms with E-state index in [1.54, 1.807) is 18.2 Å². The van der Waals surface area contributed by atoms with Gasteiger partial charge >= 0.3 is 6.18 Å². The van der Waals surface area contributed by atoms with Gasteiger partial charge in [-0.3, -0.25) is 4.79 Å². The molecule has 1 fully saturated rings. The van der Waals surface area contributed by atoms with E-state index < -0.39 is 23.7 Å². The molecule has 1 saturated heterocycles. The first-order valence-electron chi connectivity index (χ1n) is 8.03. The minimum absolute atomic E-state index is 0.155. The van der Waals surface area contributed by atoms with Gasteiger partial charge in [-0.25, -0.2) is 4.98 Å². The van der Waals surface area contributed by atoms with Crippen molar-refractivity contribution in [2.75, 3.05) is 27.3 Å². The molecular weight excluding hydrogens is 365 g/mol. The van der Waals surface area contributed by atoms with E-state index in [2.05, 4.69) is 4.98 Å². The van der Waals surface area contributed by atoms with Crippen LogP contribution in [0.1, 0.15) is 15.9 Å². The third-order valence-corrected chi connectivity index (χ3v) is 4.13. The molecule has 1 aliphatic heterocycles. The predicted octanol–water partition coefficient (Wildman–Crippen LogP) is 3.02. The largest absolute Gasteiger partial charge is 0.497 e. The van der Waals surface area contributed by atoms with Crippen LogP contribution in [0.4, 0.5) is 13.2 Å². The molecule has 0 saturated carbocycles. The Labute approximate surface area is 153 Å². The van der Waals surface area contributed by atoms with Crippen molar-refractivity contribution in [3.63, 3.8) is 0 Å². The average molecular weight is 382 g/mol. The van der Waals surface area contributed by atoms with E-state index in [-0.39, 0.29) is 19.0 Å². The first-order chi connectivity index (χ1) is 12.8. The molecule has 1 aromatic heterocycles. The second-order valence-corrected chi connectivity index (χ2v) is 5.87. The molecule has 6 nitrogen and oxygen atoms in total. The zero-order valence-electron chi connectivity index (χ0n) is 14.6. The summed E-state index contributed by atoms with van der Waals surface area (Å²) in [6.45, 7) is 0.309. The van der Waals surface area contributed by atoms with Crippen LogP contribution in [0.15, 0.2) is 36.5 Å². The van der Waals surface area contributed by atoms with Gasteiger partial charge in [-0.1, -0.05) is 0 Å². The number of benzene rings is 1. The van der Waals surface area contributed by atoms with Gasteiger partial charge in [0.2, 0.25) is 5.88 Å². The van der Waals surface area contributed by atoms with Crippen molar-refractivity contribution in [3.05, 3.63) is 47.7 Å². The van der Waals surface area contributed by atoms with Crippen molar-refractivity contribution in [1.82, 2.24) is 9.88 Å². The molecule has 27 heavy (non-hydrogen) atoms. The number of aromatic nitrogens is 1. The topological polar surface area (TPSA) is 60.9 Å². The molecule has 1 aliphatic rings. The van der Waals surface area contributed by atoms with Crippen LogP contribution in [0, 0.1) is 0 Å². The van der Waals surface area contributed by atoms with Crippen molar-refractivity contribution >= 4 is 5.91 Å². The van der Waals surface area contributed by atoms with Crippen molar-refractivity contribution in [2.24, 2.45) is 0 Å². The molecule has 0 atom stereocenters. The van der Waals surface area contributed by atoms with E-state index in [4.69, 9.17) is 14.2 Å². The maximum absolute atomic E-state index is 13.0. The highest BCUT2D eigenvalue weighted by Gasteiger charge is 2.39. The van der Waals surface area contributed by atoms with E-state index in [9.17, 15) is 18.0 Å². The lowest BCUT2D eigenvalue weighted by Gasteiger charge is -2.39. The fraction of sp³-hybridized carbons (Fsp3) is 0.333. The van der Waals surface area contributed by atoms with Crippen LogP contribution in [-0.4, -0.2) is 49.2 Å². The minimum Gasteiger partial charge on any atom is -0.497 e. The summed E-state index contributed by atoms with van der Waals surface area (Å²) in [5, 5.41) is 0. The second-order valence-electron chi connectivity index (χ2n) is 5.87. The average Bonchev–Trinajstić information content (AvgIpc) is 2.62. The molecular formula is C18H17F3N2O4. The van der Waals surface area contributed by atoms with Crippen LogP contribution in [0.2, 0.25) is 0 Å². The van der Waals surface area contributed by atoms with Gasteiger partial charge in [-0.2, -0.15) is 13.2 Å². The van der Waals surface area contributed by atoms with Crippen LogP contribution in [0.5, 0.6) is 17.4 Å². The summed E-state index contributed by atoms with van der Waals surface area (Å²) < 4.78 is 54.6. The number of ether oxygens (including phenoxy) is 3. The molecule has 3 rings (SSSR count). The summed E-state index contributed by atoms with van der Waals surface area (Å²) in [6.07, 6.45) is -3.89. The summed E-state index contributed by atoms with van der Waals surface area (Å²) in [4.78, 5) is 17.7. The molecule has 2 heterocycles. The first-order valence-corrected chi connectivity index (χ1v) is 8.03. The van der Waals surface area contributed by atoms with Crippen LogP contribution in [0.3, 0.4) is 0 Å². The Morgan fingerprint density at radius 3 is 2.56 bits per heavy atom. The van der Waals surface area contributed by atoms with Crippen molar-refractivity contribution in [3.8, 4) is 17.4 Å². The summed E-state index contributed by atoms with van der Waals surface area (Å²) in [6, 6.07) is 6.90. The van der Waals surface area contributed by atoms with E-state index in [0.717, 1.165) is 6.07 Å². The lowest BCUT2D eigenvalue weighted by atomic mass is 10.1. The normalized spacial score (nSPS) is 14.5. The Hall–Kier alpha value is -2.97. The van der Waals surface area contributed by atoms with Crippen LogP contribution >= 0.6 is 0 Å².